The van der Waals surface area contributed by atoms with Crippen LogP contribution in [-0.2, 0) is 38.0 Å². The summed E-state index contributed by atoms with van der Waals surface area (Å²) in [7, 11) is 1.28. The van der Waals surface area contributed by atoms with Crippen LogP contribution in [0.25, 0.3) is 10.4 Å². The van der Waals surface area contributed by atoms with Gasteiger partial charge in [-0.3, -0.25) is 0 Å². The highest BCUT2D eigenvalue weighted by Crippen LogP contribution is 2.39. The van der Waals surface area contributed by atoms with Gasteiger partial charge in [-0.15, -0.1) is 0 Å². The Labute approximate surface area is 210 Å². The number of methoxy groups -OCH3 is 1. The summed E-state index contributed by atoms with van der Waals surface area (Å²) in [6.07, 6.45) is -3.33. The van der Waals surface area contributed by atoms with E-state index in [0.717, 1.165) is 12.0 Å². The number of hydrogen-bond donors (Lipinski definition) is 0. The van der Waals surface area contributed by atoms with Crippen LogP contribution in [0.3, 0.4) is 0 Å². The fraction of sp³-hybridized carbons (Fsp3) is 0.720. The van der Waals surface area contributed by atoms with Gasteiger partial charge >= 0.3 is 5.97 Å². The quantitative estimate of drug-likeness (QED) is 0.227. The normalized spacial score (nSPS) is 38.4. The molecule has 0 saturated carbocycles. The van der Waals surface area contributed by atoms with Crippen molar-refractivity contribution in [2.45, 2.75) is 76.3 Å². The molecule has 0 aromatic heterocycles. The molecule has 0 N–H and O–H groups in total. The molecule has 11 nitrogen and oxygen atoms in total. The van der Waals surface area contributed by atoms with E-state index < -0.39 is 42.9 Å². The Kier molecular flexibility index (Phi) is 9.19. The molecule has 0 radical (unpaired) electrons. The fourth-order valence-electron chi connectivity index (χ4n) is 4.95. The molecule has 3 heterocycles. The van der Waals surface area contributed by atoms with Gasteiger partial charge in [0.1, 0.15) is 31.0 Å². The molecule has 3 aliphatic rings. The van der Waals surface area contributed by atoms with Gasteiger partial charge < -0.3 is 33.2 Å². The molecule has 10 atom stereocenters. The summed E-state index contributed by atoms with van der Waals surface area (Å²) in [4.78, 5) is 15.0. The van der Waals surface area contributed by atoms with E-state index in [-0.39, 0.29) is 37.3 Å². The molecule has 0 aliphatic carbocycles. The van der Waals surface area contributed by atoms with Gasteiger partial charge in [0.05, 0.1) is 25.9 Å². The lowest BCUT2D eigenvalue weighted by molar-refractivity contribution is -0.357. The summed E-state index contributed by atoms with van der Waals surface area (Å²) in [6, 6.07) is 8.56. The number of azide groups is 1. The van der Waals surface area contributed by atoms with E-state index in [1.165, 1.54) is 7.11 Å². The minimum absolute atomic E-state index is 0.125. The van der Waals surface area contributed by atoms with Crippen LogP contribution >= 0.6 is 0 Å². The molecule has 0 bridgehead atoms. The first kappa shape index (κ1) is 26.8. The molecular formula is C25H35N3O8. The number of fused-ring (bicyclic) bond motifs is 1. The Bertz CT molecular complexity index is 912. The summed E-state index contributed by atoms with van der Waals surface area (Å²) >= 11 is 0. The van der Waals surface area contributed by atoms with E-state index >= 15 is 0 Å². The summed E-state index contributed by atoms with van der Waals surface area (Å²) in [5.74, 6) is -0.0880. The summed E-state index contributed by atoms with van der Waals surface area (Å²) in [6.45, 7) is 6.80. The number of benzene rings is 1. The van der Waals surface area contributed by atoms with E-state index in [4.69, 9.17) is 33.2 Å². The number of hydrogen-bond acceptors (Lipinski definition) is 9. The third-order valence-corrected chi connectivity index (χ3v) is 7.23. The summed E-state index contributed by atoms with van der Waals surface area (Å²) < 4.78 is 41.7. The standard InChI is InChI=1S/C25H35N3O8/c1-5-17-21(15(3)14(2)11-31-17)35-25-20(27-28-26)23(32-13-19(29)30-4)22-18(34-25)12-33-24(36-22)16-9-7-6-8-10-16/h6-10,14-15,17-18,20-25H,5,11-13H2,1-4H3/t14?,15-,17?,18?,20?,21-,22+,23-,24?,25?/m1/s1. The molecule has 1 aromatic carbocycles. The molecule has 36 heavy (non-hydrogen) atoms. The zero-order valence-electron chi connectivity index (χ0n) is 21.1. The van der Waals surface area contributed by atoms with E-state index in [0.29, 0.717) is 6.61 Å². The SMILES string of the molecule is CCC1OCC(C)[C@@H](C)[C@H]1OC1OC2COC(c3ccccc3)O[C@@H]2[C@H](OCC(=O)OC)C1N=[N+]=[N-]. The molecule has 0 spiro atoms. The van der Waals surface area contributed by atoms with Gasteiger partial charge in [0.2, 0.25) is 0 Å². The van der Waals surface area contributed by atoms with E-state index in [1.54, 1.807) is 0 Å². The minimum atomic E-state index is -0.944. The highest BCUT2D eigenvalue weighted by molar-refractivity contribution is 5.70. The van der Waals surface area contributed by atoms with Crippen molar-refractivity contribution >= 4 is 5.97 Å². The third kappa shape index (κ3) is 5.84. The van der Waals surface area contributed by atoms with Gasteiger partial charge in [-0.1, -0.05) is 56.2 Å². The topological polar surface area (TPSA) is 130 Å². The average molecular weight is 506 g/mol. The van der Waals surface area contributed by atoms with Gasteiger partial charge in [-0.25, -0.2) is 4.79 Å². The molecular weight excluding hydrogens is 470 g/mol. The first-order valence-corrected chi connectivity index (χ1v) is 12.4. The molecule has 3 fully saturated rings. The molecule has 198 valence electrons. The van der Waals surface area contributed by atoms with Gasteiger partial charge in [-0.05, 0) is 23.8 Å². The molecule has 3 saturated heterocycles. The van der Waals surface area contributed by atoms with Crippen LogP contribution in [0.4, 0.5) is 0 Å². The molecule has 6 unspecified atom stereocenters. The zero-order valence-corrected chi connectivity index (χ0v) is 21.1. The molecule has 4 rings (SSSR count). The maximum absolute atomic E-state index is 11.9. The van der Waals surface area contributed by atoms with Crippen molar-refractivity contribution in [2.24, 2.45) is 17.0 Å². The maximum Gasteiger partial charge on any atom is 0.331 e. The number of ether oxygens (including phenoxy) is 7. The lowest BCUT2D eigenvalue weighted by atomic mass is 9.84. The van der Waals surface area contributed by atoms with Crippen molar-refractivity contribution < 1.29 is 38.0 Å². The third-order valence-electron chi connectivity index (χ3n) is 7.23. The second-order valence-electron chi connectivity index (χ2n) is 9.48. The second kappa shape index (κ2) is 12.3. The molecule has 0 amide bonds. The maximum atomic E-state index is 11.9. The first-order chi connectivity index (χ1) is 17.5. The smallest absolute Gasteiger partial charge is 0.331 e. The van der Waals surface area contributed by atoms with Crippen molar-refractivity contribution in [3.05, 3.63) is 46.3 Å². The lowest BCUT2D eigenvalue weighted by Crippen LogP contribution is -2.64. The van der Waals surface area contributed by atoms with Crippen LogP contribution in [0.15, 0.2) is 35.4 Å². The summed E-state index contributed by atoms with van der Waals surface area (Å²) in [5, 5.41) is 3.99. The largest absolute Gasteiger partial charge is 0.467 e. The first-order valence-electron chi connectivity index (χ1n) is 12.4. The molecule has 3 aliphatic heterocycles. The number of carbonyl (C=O) groups excluding carboxylic acids is 1. The van der Waals surface area contributed by atoms with Crippen LogP contribution in [-0.4, -0.2) is 75.8 Å². The van der Waals surface area contributed by atoms with Gasteiger partial charge in [0, 0.05) is 17.1 Å². The summed E-state index contributed by atoms with van der Waals surface area (Å²) in [5.41, 5.74) is 10.2. The van der Waals surface area contributed by atoms with Gasteiger partial charge in [-0.2, -0.15) is 0 Å². The van der Waals surface area contributed by atoms with Crippen molar-refractivity contribution in [1.82, 2.24) is 0 Å². The second-order valence-corrected chi connectivity index (χ2v) is 9.48. The van der Waals surface area contributed by atoms with E-state index in [9.17, 15) is 10.3 Å². The molecule has 1 aromatic rings. The van der Waals surface area contributed by atoms with Crippen molar-refractivity contribution in [1.29, 1.82) is 0 Å². The monoisotopic (exact) mass is 505 g/mol. The predicted molar refractivity (Wildman–Crippen MR) is 127 cm³/mol. The Morgan fingerprint density at radius 2 is 1.92 bits per heavy atom. The van der Waals surface area contributed by atoms with Gasteiger partial charge in [0.25, 0.3) is 0 Å². The number of esters is 1. The zero-order chi connectivity index (χ0) is 25.7. The van der Waals surface area contributed by atoms with Crippen molar-refractivity contribution in [3.63, 3.8) is 0 Å². The number of carbonyl (C=O) groups is 1. The van der Waals surface area contributed by atoms with Crippen LogP contribution < -0.4 is 0 Å². The minimum Gasteiger partial charge on any atom is -0.467 e. The van der Waals surface area contributed by atoms with Crippen molar-refractivity contribution in [2.75, 3.05) is 26.9 Å². The average Bonchev–Trinajstić information content (AvgIpc) is 2.91. The number of rotatable bonds is 8. The van der Waals surface area contributed by atoms with Crippen LogP contribution in [0, 0.1) is 11.8 Å². The highest BCUT2D eigenvalue weighted by Gasteiger charge is 2.52. The lowest BCUT2D eigenvalue weighted by Gasteiger charge is -2.50. The van der Waals surface area contributed by atoms with Gasteiger partial charge in [0.15, 0.2) is 12.6 Å². The Morgan fingerprint density at radius 3 is 2.61 bits per heavy atom. The molecule has 11 heteroatoms. The Balaban J connectivity index is 1.60. The predicted octanol–water partition coefficient (Wildman–Crippen LogP) is 3.53. The Hall–Kier alpha value is -2.24. The Morgan fingerprint density at radius 1 is 1.14 bits per heavy atom. The van der Waals surface area contributed by atoms with Crippen LogP contribution in [0.1, 0.15) is 39.0 Å². The van der Waals surface area contributed by atoms with Crippen LogP contribution in [0.5, 0.6) is 0 Å². The van der Waals surface area contributed by atoms with Crippen LogP contribution in [0.2, 0.25) is 0 Å². The fourth-order valence-corrected chi connectivity index (χ4v) is 4.95. The highest BCUT2D eigenvalue weighted by atomic mass is 16.8. The number of nitrogens with zero attached hydrogens (tertiary/aromatic N) is 3. The van der Waals surface area contributed by atoms with E-state index in [2.05, 4.69) is 23.9 Å². The van der Waals surface area contributed by atoms with Crippen molar-refractivity contribution in [3.8, 4) is 0 Å². The van der Waals surface area contributed by atoms with E-state index in [1.807, 2.05) is 37.3 Å².